The summed E-state index contributed by atoms with van der Waals surface area (Å²) in [5, 5.41) is 7.32. The van der Waals surface area contributed by atoms with Crippen molar-refractivity contribution >= 4 is 21.8 Å². The molecule has 5 nitrogen and oxygen atoms in total. The number of halogens is 1. The first-order valence-electron chi connectivity index (χ1n) is 7.01. The first-order valence-corrected chi connectivity index (χ1v) is 7.80. The van der Waals surface area contributed by atoms with Gasteiger partial charge in [0.25, 0.3) is 5.91 Å². The number of aromatic nitrogens is 2. The highest BCUT2D eigenvalue weighted by atomic mass is 79.9. The molecule has 1 amide bonds. The number of rotatable bonds is 5. The van der Waals surface area contributed by atoms with Gasteiger partial charge in [-0.1, -0.05) is 6.92 Å². The molecule has 0 aliphatic rings. The van der Waals surface area contributed by atoms with Gasteiger partial charge < -0.3 is 9.73 Å². The molecule has 0 bridgehead atoms. The van der Waals surface area contributed by atoms with Crippen LogP contribution in [-0.4, -0.2) is 21.7 Å². The lowest BCUT2D eigenvalue weighted by atomic mass is 10.2. The Morgan fingerprint density at radius 1 is 1.48 bits per heavy atom. The maximum atomic E-state index is 12.0. The predicted octanol–water partition coefficient (Wildman–Crippen LogP) is 3.43. The van der Waals surface area contributed by atoms with E-state index in [1.54, 1.807) is 6.07 Å². The molecule has 0 aromatic carbocycles. The molecule has 2 heterocycles. The summed E-state index contributed by atoms with van der Waals surface area (Å²) in [5.41, 5.74) is 1.98. The van der Waals surface area contributed by atoms with E-state index in [2.05, 4.69) is 26.3 Å². The Morgan fingerprint density at radius 2 is 2.19 bits per heavy atom. The van der Waals surface area contributed by atoms with E-state index in [-0.39, 0.29) is 11.9 Å². The van der Waals surface area contributed by atoms with Crippen molar-refractivity contribution < 1.29 is 9.21 Å². The minimum absolute atomic E-state index is 0.137. The lowest BCUT2D eigenvalue weighted by Crippen LogP contribution is -2.31. The van der Waals surface area contributed by atoms with Crippen molar-refractivity contribution in [3.8, 4) is 0 Å². The molecule has 1 atom stereocenters. The maximum Gasteiger partial charge on any atom is 0.287 e. The van der Waals surface area contributed by atoms with Crippen LogP contribution in [0.2, 0.25) is 0 Å². The summed E-state index contributed by atoms with van der Waals surface area (Å²) in [5.74, 6) is 0.874. The van der Waals surface area contributed by atoms with Gasteiger partial charge in [-0.25, -0.2) is 0 Å². The standard InChI is InChI=1S/C15H20BrN3O2/c1-5-9(2)17-15(20)13-7-6-12(21-13)8-19-11(4)14(16)10(3)18-19/h6-7,9H,5,8H2,1-4H3,(H,17,20). The summed E-state index contributed by atoms with van der Waals surface area (Å²) >= 11 is 3.50. The van der Waals surface area contributed by atoms with E-state index in [9.17, 15) is 4.79 Å². The number of nitrogens with zero attached hydrogens (tertiary/aromatic N) is 2. The third-order valence-corrected chi connectivity index (χ3v) is 4.62. The summed E-state index contributed by atoms with van der Waals surface area (Å²) in [6.45, 7) is 8.44. The van der Waals surface area contributed by atoms with Gasteiger partial charge in [-0.2, -0.15) is 5.10 Å². The number of hydrogen-bond donors (Lipinski definition) is 1. The van der Waals surface area contributed by atoms with Gasteiger partial charge in [0.1, 0.15) is 5.76 Å². The van der Waals surface area contributed by atoms with Crippen LogP contribution in [0.3, 0.4) is 0 Å². The minimum atomic E-state index is -0.176. The van der Waals surface area contributed by atoms with E-state index >= 15 is 0 Å². The molecular formula is C15H20BrN3O2. The van der Waals surface area contributed by atoms with E-state index in [4.69, 9.17) is 4.42 Å². The number of carbonyl (C=O) groups is 1. The predicted molar refractivity (Wildman–Crippen MR) is 84.4 cm³/mol. The fraction of sp³-hybridized carbons (Fsp3) is 0.467. The fourth-order valence-electron chi connectivity index (χ4n) is 1.96. The van der Waals surface area contributed by atoms with E-state index in [0.29, 0.717) is 18.1 Å². The highest BCUT2D eigenvalue weighted by molar-refractivity contribution is 9.10. The quantitative estimate of drug-likeness (QED) is 0.895. The van der Waals surface area contributed by atoms with Crippen molar-refractivity contribution in [3.05, 3.63) is 39.5 Å². The molecule has 0 radical (unpaired) electrons. The van der Waals surface area contributed by atoms with Crippen LogP contribution >= 0.6 is 15.9 Å². The monoisotopic (exact) mass is 353 g/mol. The zero-order valence-corrected chi connectivity index (χ0v) is 14.3. The lowest BCUT2D eigenvalue weighted by Gasteiger charge is -2.09. The average Bonchev–Trinajstić information content (AvgIpc) is 3.01. The second-order valence-electron chi connectivity index (χ2n) is 5.19. The molecule has 0 saturated heterocycles. The molecule has 0 fully saturated rings. The van der Waals surface area contributed by atoms with Crippen molar-refractivity contribution in [2.24, 2.45) is 0 Å². The molecule has 6 heteroatoms. The molecule has 0 saturated carbocycles. The van der Waals surface area contributed by atoms with Crippen LogP contribution in [0.15, 0.2) is 21.0 Å². The summed E-state index contributed by atoms with van der Waals surface area (Å²) in [6, 6.07) is 3.65. The number of furan rings is 1. The second kappa shape index (κ2) is 6.47. The van der Waals surface area contributed by atoms with E-state index in [0.717, 1.165) is 22.3 Å². The zero-order chi connectivity index (χ0) is 15.6. The van der Waals surface area contributed by atoms with Crippen LogP contribution < -0.4 is 5.32 Å². The van der Waals surface area contributed by atoms with E-state index in [1.807, 2.05) is 38.4 Å². The van der Waals surface area contributed by atoms with Crippen molar-refractivity contribution in [2.45, 2.75) is 46.7 Å². The summed E-state index contributed by atoms with van der Waals surface area (Å²) in [4.78, 5) is 12.0. The van der Waals surface area contributed by atoms with Crippen molar-refractivity contribution in [3.63, 3.8) is 0 Å². The Hall–Kier alpha value is -1.56. The average molecular weight is 354 g/mol. The van der Waals surface area contributed by atoms with Crippen LogP contribution in [-0.2, 0) is 6.54 Å². The van der Waals surface area contributed by atoms with Gasteiger partial charge in [0.15, 0.2) is 5.76 Å². The molecule has 0 aliphatic carbocycles. The van der Waals surface area contributed by atoms with Crippen molar-refractivity contribution in [1.29, 1.82) is 0 Å². The molecule has 2 aromatic rings. The van der Waals surface area contributed by atoms with Gasteiger partial charge in [-0.05, 0) is 55.3 Å². The Morgan fingerprint density at radius 3 is 2.76 bits per heavy atom. The van der Waals surface area contributed by atoms with Gasteiger partial charge in [0.2, 0.25) is 0 Å². The molecular weight excluding hydrogens is 334 g/mol. The molecule has 0 aliphatic heterocycles. The van der Waals surface area contributed by atoms with Crippen LogP contribution in [0.4, 0.5) is 0 Å². The van der Waals surface area contributed by atoms with E-state index < -0.39 is 0 Å². The first-order chi connectivity index (χ1) is 9.92. The third kappa shape index (κ3) is 3.56. The van der Waals surface area contributed by atoms with Crippen molar-refractivity contribution in [2.75, 3.05) is 0 Å². The fourth-order valence-corrected chi connectivity index (χ4v) is 2.24. The SMILES string of the molecule is CCC(C)NC(=O)c1ccc(Cn2nc(C)c(Br)c2C)o1. The van der Waals surface area contributed by atoms with Crippen molar-refractivity contribution in [1.82, 2.24) is 15.1 Å². The Bertz CT molecular complexity index is 645. The molecule has 114 valence electrons. The smallest absolute Gasteiger partial charge is 0.287 e. The zero-order valence-electron chi connectivity index (χ0n) is 12.7. The third-order valence-electron chi connectivity index (χ3n) is 3.47. The summed E-state index contributed by atoms with van der Waals surface area (Å²) in [7, 11) is 0. The van der Waals surface area contributed by atoms with Crippen LogP contribution in [0.25, 0.3) is 0 Å². The number of amides is 1. The normalized spacial score (nSPS) is 12.4. The number of aryl methyl sites for hydroxylation is 1. The van der Waals surface area contributed by atoms with Crippen LogP contribution in [0.1, 0.15) is 48.0 Å². The molecule has 2 rings (SSSR count). The maximum absolute atomic E-state index is 12.0. The molecule has 1 N–H and O–H groups in total. The highest BCUT2D eigenvalue weighted by Crippen LogP contribution is 2.21. The largest absolute Gasteiger partial charge is 0.454 e. The molecule has 0 spiro atoms. The van der Waals surface area contributed by atoms with Gasteiger partial charge in [-0.3, -0.25) is 9.48 Å². The van der Waals surface area contributed by atoms with Gasteiger partial charge in [0.05, 0.1) is 22.4 Å². The topological polar surface area (TPSA) is 60.1 Å². The first kappa shape index (κ1) is 15.8. The Labute approximate surface area is 132 Å². The second-order valence-corrected chi connectivity index (χ2v) is 5.98. The summed E-state index contributed by atoms with van der Waals surface area (Å²) < 4.78 is 8.47. The van der Waals surface area contributed by atoms with Gasteiger partial charge >= 0.3 is 0 Å². The van der Waals surface area contributed by atoms with Crippen LogP contribution in [0.5, 0.6) is 0 Å². The molecule has 1 unspecified atom stereocenters. The molecule has 21 heavy (non-hydrogen) atoms. The van der Waals surface area contributed by atoms with E-state index in [1.165, 1.54) is 0 Å². The Kier molecular flexibility index (Phi) is 4.88. The minimum Gasteiger partial charge on any atom is -0.454 e. The number of nitrogens with one attached hydrogen (secondary N) is 1. The highest BCUT2D eigenvalue weighted by Gasteiger charge is 2.15. The van der Waals surface area contributed by atoms with Gasteiger partial charge in [-0.15, -0.1) is 0 Å². The summed E-state index contributed by atoms with van der Waals surface area (Å²) in [6.07, 6.45) is 0.888. The molecule has 2 aromatic heterocycles. The van der Waals surface area contributed by atoms with Gasteiger partial charge in [0, 0.05) is 6.04 Å². The Balaban J connectivity index is 2.09. The van der Waals surface area contributed by atoms with Crippen LogP contribution in [0, 0.1) is 13.8 Å². The number of hydrogen-bond acceptors (Lipinski definition) is 3. The number of carbonyl (C=O) groups excluding carboxylic acids is 1. The lowest BCUT2D eigenvalue weighted by molar-refractivity contribution is 0.0909.